The molecule has 0 spiro atoms. The molecule has 0 saturated carbocycles. The lowest BCUT2D eigenvalue weighted by Crippen LogP contribution is -2.41. The molecule has 1 aromatic carbocycles. The summed E-state index contributed by atoms with van der Waals surface area (Å²) < 4.78 is 38.8. The Morgan fingerprint density at radius 3 is 1.89 bits per heavy atom. The smallest absolute Gasteiger partial charge is 0.402 e. The first kappa shape index (κ1) is 14.4. The minimum absolute atomic E-state index is 0.207. The highest BCUT2D eigenvalue weighted by atomic mass is 19.1. The zero-order valence-corrected chi connectivity index (χ0v) is 11.5. The van der Waals surface area contributed by atoms with Crippen molar-refractivity contribution >= 4 is 7.12 Å². The van der Waals surface area contributed by atoms with Crippen LogP contribution in [0.1, 0.15) is 39.2 Å². The second-order valence-electron chi connectivity index (χ2n) is 5.79. The number of nitrogens with two attached hydrogens (primary N) is 1. The maximum Gasteiger partial charge on any atom is 0.480 e. The monoisotopic (exact) mass is 269 g/mol. The van der Waals surface area contributed by atoms with Gasteiger partial charge in [0, 0.05) is 5.56 Å². The zero-order valence-electron chi connectivity index (χ0n) is 11.5. The number of benzene rings is 1. The summed E-state index contributed by atoms with van der Waals surface area (Å²) in [6.45, 7) is 7.43. The Balaban J connectivity index is 2.30. The molecule has 1 saturated heterocycles. The van der Waals surface area contributed by atoms with Crippen LogP contribution in [0.2, 0.25) is 0 Å². The van der Waals surface area contributed by atoms with Crippen molar-refractivity contribution in [2.75, 3.05) is 0 Å². The van der Waals surface area contributed by atoms with E-state index in [1.54, 1.807) is 0 Å². The quantitative estimate of drug-likeness (QED) is 0.839. The van der Waals surface area contributed by atoms with E-state index < -0.39 is 35.9 Å². The molecule has 1 fully saturated rings. The number of halogens is 2. The van der Waals surface area contributed by atoms with Gasteiger partial charge in [0.25, 0.3) is 0 Å². The Bertz CT molecular complexity index is 457. The highest BCUT2D eigenvalue weighted by Gasteiger charge is 2.54. The van der Waals surface area contributed by atoms with E-state index in [0.29, 0.717) is 0 Å². The van der Waals surface area contributed by atoms with E-state index in [1.165, 1.54) is 18.2 Å². The van der Waals surface area contributed by atoms with E-state index in [9.17, 15) is 8.78 Å². The predicted octanol–water partition coefficient (Wildman–Crippen LogP) is 2.60. The van der Waals surface area contributed by atoms with Crippen LogP contribution in [0.3, 0.4) is 0 Å². The molecule has 0 radical (unpaired) electrons. The summed E-state index contributed by atoms with van der Waals surface area (Å²) in [5.41, 5.74) is 4.53. The van der Waals surface area contributed by atoms with Crippen molar-refractivity contribution < 1.29 is 18.1 Å². The van der Waals surface area contributed by atoms with Gasteiger partial charge in [-0.1, -0.05) is 6.07 Å². The Hall–Kier alpha value is -0.975. The van der Waals surface area contributed by atoms with Gasteiger partial charge in [0.05, 0.1) is 17.1 Å². The first-order chi connectivity index (χ1) is 8.66. The fraction of sp³-hybridized carbons (Fsp3) is 0.538. The van der Waals surface area contributed by atoms with Crippen LogP contribution in [0.5, 0.6) is 0 Å². The van der Waals surface area contributed by atoms with Gasteiger partial charge in [-0.25, -0.2) is 8.78 Å². The van der Waals surface area contributed by atoms with Crippen LogP contribution in [0.4, 0.5) is 8.78 Å². The topological polar surface area (TPSA) is 44.5 Å². The van der Waals surface area contributed by atoms with Crippen molar-refractivity contribution in [3.63, 3.8) is 0 Å². The third-order valence-electron chi connectivity index (χ3n) is 3.90. The van der Waals surface area contributed by atoms with Crippen molar-refractivity contribution in [2.45, 2.75) is 44.8 Å². The molecule has 0 aromatic heterocycles. The number of hydrogen-bond acceptors (Lipinski definition) is 3. The van der Waals surface area contributed by atoms with Gasteiger partial charge >= 0.3 is 7.12 Å². The maximum absolute atomic E-state index is 13.7. The van der Waals surface area contributed by atoms with Crippen LogP contribution >= 0.6 is 0 Å². The largest absolute Gasteiger partial charge is 0.480 e. The van der Waals surface area contributed by atoms with Gasteiger partial charge < -0.3 is 15.0 Å². The highest BCUT2D eigenvalue weighted by Crippen LogP contribution is 2.40. The fourth-order valence-electron chi connectivity index (χ4n) is 2.00. The number of hydrogen-bond donors (Lipinski definition) is 1. The summed E-state index contributed by atoms with van der Waals surface area (Å²) in [5.74, 6) is -2.40. The van der Waals surface area contributed by atoms with Crippen molar-refractivity contribution in [1.29, 1.82) is 0 Å². The Kier molecular flexibility index (Phi) is 3.45. The molecular formula is C13H18BF2NO2. The van der Waals surface area contributed by atoms with Gasteiger partial charge in [0.2, 0.25) is 0 Å². The molecule has 1 heterocycles. The van der Waals surface area contributed by atoms with Crippen LogP contribution in [0, 0.1) is 11.6 Å². The van der Waals surface area contributed by atoms with Crippen LogP contribution in [0.15, 0.2) is 18.2 Å². The lowest BCUT2D eigenvalue weighted by molar-refractivity contribution is 0.00578. The molecule has 0 bridgehead atoms. The van der Waals surface area contributed by atoms with Crippen LogP contribution in [0.25, 0.3) is 0 Å². The Morgan fingerprint density at radius 2 is 1.47 bits per heavy atom. The minimum atomic E-state index is -1.01. The molecule has 1 aliphatic rings. The van der Waals surface area contributed by atoms with E-state index in [0.717, 1.165) is 0 Å². The molecule has 0 aliphatic carbocycles. The third-order valence-corrected chi connectivity index (χ3v) is 3.90. The second-order valence-corrected chi connectivity index (χ2v) is 5.79. The Morgan fingerprint density at radius 1 is 1.05 bits per heavy atom. The van der Waals surface area contributed by atoms with Crippen molar-refractivity contribution in [3.8, 4) is 0 Å². The van der Waals surface area contributed by atoms with E-state index in [2.05, 4.69) is 0 Å². The molecule has 104 valence electrons. The molecule has 2 N–H and O–H groups in total. The summed E-state index contributed by atoms with van der Waals surface area (Å²) in [6.07, 6.45) is 0. The fourth-order valence-corrected chi connectivity index (χ4v) is 2.00. The Labute approximate surface area is 112 Å². The summed E-state index contributed by atoms with van der Waals surface area (Å²) in [4.78, 5) is 0. The molecule has 6 heteroatoms. The normalized spacial score (nSPS) is 22.6. The molecule has 19 heavy (non-hydrogen) atoms. The SMILES string of the molecule is CC1(C)OB([C@@H](N)c2c(F)cccc2F)OC1(C)C. The van der Waals surface area contributed by atoms with Crippen molar-refractivity contribution in [2.24, 2.45) is 5.73 Å². The average molecular weight is 269 g/mol. The molecule has 1 aromatic rings. The first-order valence-electron chi connectivity index (χ1n) is 6.21. The third kappa shape index (κ3) is 2.40. The molecule has 1 atom stereocenters. The summed E-state index contributed by atoms with van der Waals surface area (Å²) in [6, 6.07) is 3.64. The van der Waals surface area contributed by atoms with Gasteiger partial charge in [0.15, 0.2) is 0 Å². The standard InChI is InChI=1S/C13H18BF2NO2/c1-12(2)13(3,4)19-14(18-12)11(17)10-8(15)6-5-7-9(10)16/h5-7,11H,17H2,1-4H3/t11-/m0/s1. The highest BCUT2D eigenvalue weighted by molar-refractivity contribution is 6.47. The second kappa shape index (κ2) is 4.54. The maximum atomic E-state index is 13.7. The lowest BCUT2D eigenvalue weighted by Gasteiger charge is -2.32. The molecule has 0 unspecified atom stereocenters. The van der Waals surface area contributed by atoms with Crippen LogP contribution in [-0.4, -0.2) is 18.3 Å². The molecule has 0 amide bonds. The minimum Gasteiger partial charge on any atom is -0.402 e. The molecular weight excluding hydrogens is 251 g/mol. The van der Waals surface area contributed by atoms with Gasteiger partial charge in [0.1, 0.15) is 11.6 Å². The summed E-state index contributed by atoms with van der Waals surface area (Å²) in [7, 11) is -0.878. The van der Waals surface area contributed by atoms with E-state index in [1.807, 2.05) is 27.7 Å². The van der Waals surface area contributed by atoms with Gasteiger partial charge in [-0.3, -0.25) is 0 Å². The molecule has 1 aliphatic heterocycles. The van der Waals surface area contributed by atoms with Crippen molar-refractivity contribution in [1.82, 2.24) is 0 Å². The summed E-state index contributed by atoms with van der Waals surface area (Å²) in [5, 5.41) is 0. The van der Waals surface area contributed by atoms with E-state index >= 15 is 0 Å². The van der Waals surface area contributed by atoms with E-state index in [-0.39, 0.29) is 5.56 Å². The van der Waals surface area contributed by atoms with Gasteiger partial charge in [-0.15, -0.1) is 0 Å². The number of rotatable bonds is 2. The van der Waals surface area contributed by atoms with E-state index in [4.69, 9.17) is 15.0 Å². The molecule has 3 nitrogen and oxygen atoms in total. The van der Waals surface area contributed by atoms with Gasteiger partial charge in [-0.05, 0) is 39.8 Å². The zero-order chi connectivity index (χ0) is 14.4. The van der Waals surface area contributed by atoms with Crippen LogP contribution in [-0.2, 0) is 9.31 Å². The molecule has 2 rings (SSSR count). The lowest BCUT2D eigenvalue weighted by atomic mass is 9.74. The van der Waals surface area contributed by atoms with Crippen molar-refractivity contribution in [3.05, 3.63) is 35.4 Å². The van der Waals surface area contributed by atoms with Crippen LogP contribution < -0.4 is 5.73 Å². The summed E-state index contributed by atoms with van der Waals surface area (Å²) >= 11 is 0. The predicted molar refractivity (Wildman–Crippen MR) is 69.4 cm³/mol. The van der Waals surface area contributed by atoms with Gasteiger partial charge in [-0.2, -0.15) is 0 Å². The first-order valence-corrected chi connectivity index (χ1v) is 6.21. The average Bonchev–Trinajstić information content (AvgIpc) is 2.47.